The van der Waals surface area contributed by atoms with Gasteiger partial charge in [-0.25, -0.2) is 26.3 Å². The molecule has 0 saturated heterocycles. The first-order valence-electron chi connectivity index (χ1n) is 15.0. The van der Waals surface area contributed by atoms with Crippen LogP contribution in [0.1, 0.15) is 30.4 Å². The van der Waals surface area contributed by atoms with Crippen LogP contribution in [-0.2, 0) is 0 Å². The Hall–Kier alpha value is -4.56. The largest absolute Gasteiger partial charge is 0.487 e. The molecule has 0 bridgehead atoms. The van der Waals surface area contributed by atoms with Crippen LogP contribution in [0.15, 0.2) is 96.1 Å². The third-order valence-corrected chi connectivity index (χ3v) is 10.5. The van der Waals surface area contributed by atoms with E-state index < -0.39 is 74.9 Å². The van der Waals surface area contributed by atoms with Gasteiger partial charge in [-0.2, -0.15) is 14.0 Å². The summed E-state index contributed by atoms with van der Waals surface area (Å²) in [6.45, 7) is 1.48. The van der Waals surface area contributed by atoms with E-state index in [4.69, 9.17) is 11.2 Å². The second-order valence-electron chi connectivity index (χ2n) is 10.7. The first kappa shape index (κ1) is 37.7. The second kappa shape index (κ2) is 16.6. The molecule has 0 N–H and O–H groups in total. The third-order valence-electron chi connectivity index (χ3n) is 7.34. The molecule has 2 nitrogen and oxygen atoms in total. The van der Waals surface area contributed by atoms with Crippen molar-refractivity contribution in [2.24, 2.45) is 0 Å². The van der Waals surface area contributed by atoms with Crippen LogP contribution in [0.4, 0.5) is 35.1 Å². The molecule has 0 spiro atoms. The molecule has 5 aromatic carbocycles. The maximum Gasteiger partial charge on any atom is 0.204 e. The van der Waals surface area contributed by atoms with Gasteiger partial charge in [0, 0.05) is 30.9 Å². The lowest BCUT2D eigenvalue weighted by molar-refractivity contribution is 0.265. The van der Waals surface area contributed by atoms with Crippen LogP contribution < -0.4 is 4.74 Å². The Bertz CT molecular complexity index is 2120. The summed E-state index contributed by atoms with van der Waals surface area (Å²) in [7, 11) is 0. The van der Waals surface area contributed by atoms with Crippen molar-refractivity contribution in [3.63, 3.8) is 0 Å². The molecule has 0 saturated carbocycles. The minimum Gasteiger partial charge on any atom is -0.487 e. The number of nitrogens with zero attached hydrogens (tertiary/aromatic N) is 1. The van der Waals surface area contributed by atoms with Crippen molar-refractivity contribution >= 4 is 35.3 Å². The molecule has 0 aliphatic carbocycles. The van der Waals surface area contributed by atoms with Crippen LogP contribution in [0.5, 0.6) is 5.75 Å². The summed E-state index contributed by atoms with van der Waals surface area (Å²) < 4.78 is 125. The van der Waals surface area contributed by atoms with E-state index in [-0.39, 0.29) is 11.3 Å². The molecular formula is C38H23F8NOS3. The molecule has 0 heterocycles. The standard InChI is InChI=1S/C38H23F8NOS3/c1-3-4-5-6-18-48-37-33(43)29(39)27(30(40)34(37)44)28-31(41)35(45)38(36(46)32(28)42)51-24-16-12-22(13-17-24)49-21-10-14-23(15-11-21)50-26-9-7-8-20(2)25(26)19-47/h1,7-17H,4-6,18H2,2H3. The molecule has 0 aliphatic heterocycles. The number of hydrogen-bond acceptors (Lipinski definition) is 5. The van der Waals surface area contributed by atoms with Crippen LogP contribution in [0.3, 0.4) is 0 Å². The van der Waals surface area contributed by atoms with Crippen LogP contribution in [0.2, 0.25) is 0 Å². The summed E-state index contributed by atoms with van der Waals surface area (Å²) in [6, 6.07) is 21.5. The van der Waals surface area contributed by atoms with Gasteiger partial charge in [0.2, 0.25) is 11.6 Å². The van der Waals surface area contributed by atoms with Crippen molar-refractivity contribution in [1.29, 1.82) is 5.26 Å². The smallest absolute Gasteiger partial charge is 0.204 e. The van der Waals surface area contributed by atoms with Crippen LogP contribution in [0, 0.1) is 77.1 Å². The van der Waals surface area contributed by atoms with E-state index in [0.717, 1.165) is 20.2 Å². The molecule has 260 valence electrons. The van der Waals surface area contributed by atoms with Crippen LogP contribution in [0.25, 0.3) is 11.1 Å². The van der Waals surface area contributed by atoms with E-state index in [1.165, 1.54) is 35.7 Å². The maximum absolute atomic E-state index is 15.2. The number of terminal acetylenes is 1. The van der Waals surface area contributed by atoms with Gasteiger partial charge in [0.05, 0.1) is 28.2 Å². The zero-order valence-corrected chi connectivity index (χ0v) is 28.8. The number of rotatable bonds is 12. The fraction of sp³-hybridized carbons (Fsp3) is 0.132. The molecule has 5 aromatic rings. The Labute approximate surface area is 301 Å². The number of ether oxygens (including phenoxy) is 1. The minimum atomic E-state index is -2.30. The van der Waals surface area contributed by atoms with Gasteiger partial charge in [-0.15, -0.1) is 12.3 Å². The lowest BCUT2D eigenvalue weighted by Crippen LogP contribution is -2.10. The van der Waals surface area contributed by atoms with Crippen LogP contribution >= 0.6 is 35.3 Å². The highest BCUT2D eigenvalue weighted by molar-refractivity contribution is 8.00. The van der Waals surface area contributed by atoms with Gasteiger partial charge in [0.15, 0.2) is 40.7 Å². The number of aryl methyl sites for hydroxylation is 1. The van der Waals surface area contributed by atoms with Crippen molar-refractivity contribution in [1.82, 2.24) is 0 Å². The van der Waals surface area contributed by atoms with Gasteiger partial charge >= 0.3 is 0 Å². The van der Waals surface area contributed by atoms with Crippen molar-refractivity contribution in [2.75, 3.05) is 6.61 Å². The van der Waals surface area contributed by atoms with E-state index >= 15 is 17.6 Å². The van der Waals surface area contributed by atoms with Crippen molar-refractivity contribution in [3.8, 4) is 35.3 Å². The Kier molecular flexibility index (Phi) is 12.3. The Morgan fingerprint density at radius 2 is 1.08 bits per heavy atom. The molecule has 0 amide bonds. The number of benzene rings is 5. The summed E-state index contributed by atoms with van der Waals surface area (Å²) in [6.07, 6.45) is 5.95. The Morgan fingerprint density at radius 1 is 0.608 bits per heavy atom. The lowest BCUT2D eigenvalue weighted by Gasteiger charge is -2.16. The predicted octanol–water partition coefficient (Wildman–Crippen LogP) is 12.3. The first-order valence-corrected chi connectivity index (χ1v) is 17.4. The fourth-order valence-electron chi connectivity index (χ4n) is 4.78. The molecule has 5 rings (SSSR count). The zero-order valence-electron chi connectivity index (χ0n) is 26.4. The predicted molar refractivity (Wildman–Crippen MR) is 181 cm³/mol. The number of unbranched alkanes of at least 4 members (excludes halogenated alkanes) is 2. The van der Waals surface area contributed by atoms with Gasteiger partial charge in [-0.05, 0) is 79.9 Å². The molecule has 0 aromatic heterocycles. The summed E-state index contributed by atoms with van der Waals surface area (Å²) >= 11 is 3.11. The van der Waals surface area contributed by atoms with Gasteiger partial charge in [-0.3, -0.25) is 0 Å². The summed E-state index contributed by atoms with van der Waals surface area (Å²) in [5, 5.41) is 9.48. The van der Waals surface area contributed by atoms with Crippen LogP contribution in [-0.4, -0.2) is 6.61 Å². The summed E-state index contributed by atoms with van der Waals surface area (Å²) in [5.41, 5.74) is -2.44. The van der Waals surface area contributed by atoms with Gasteiger partial charge in [-0.1, -0.05) is 47.4 Å². The average Bonchev–Trinajstić information content (AvgIpc) is 3.12. The Balaban J connectivity index is 1.33. The number of nitriles is 1. The topological polar surface area (TPSA) is 33.0 Å². The quantitative estimate of drug-likeness (QED) is 0.0548. The van der Waals surface area contributed by atoms with Gasteiger partial charge in [0.25, 0.3) is 0 Å². The molecule has 0 radical (unpaired) electrons. The van der Waals surface area contributed by atoms with Crippen molar-refractivity contribution in [3.05, 3.63) is 124 Å². The van der Waals surface area contributed by atoms with Crippen molar-refractivity contribution < 1.29 is 39.9 Å². The normalized spacial score (nSPS) is 11.0. The maximum atomic E-state index is 15.2. The number of halogens is 8. The molecular weight excluding hydrogens is 735 g/mol. The Morgan fingerprint density at radius 3 is 1.57 bits per heavy atom. The van der Waals surface area contributed by atoms with Gasteiger partial charge < -0.3 is 4.74 Å². The third kappa shape index (κ3) is 8.17. The zero-order chi connectivity index (χ0) is 36.8. The highest BCUT2D eigenvalue weighted by Crippen LogP contribution is 2.43. The lowest BCUT2D eigenvalue weighted by atomic mass is 10.0. The molecule has 0 aliphatic rings. The van der Waals surface area contributed by atoms with E-state index in [9.17, 15) is 22.8 Å². The molecule has 0 fully saturated rings. The van der Waals surface area contributed by atoms with E-state index in [2.05, 4.69) is 12.0 Å². The fourth-order valence-corrected chi connectivity index (χ4v) is 7.45. The molecule has 51 heavy (non-hydrogen) atoms. The van der Waals surface area contributed by atoms with E-state index in [1.807, 2.05) is 49.4 Å². The summed E-state index contributed by atoms with van der Waals surface area (Å²) in [4.78, 5) is 2.29. The van der Waals surface area contributed by atoms with E-state index in [0.29, 0.717) is 35.1 Å². The highest BCUT2D eigenvalue weighted by Gasteiger charge is 2.35. The van der Waals surface area contributed by atoms with Crippen molar-refractivity contribution in [2.45, 2.75) is 55.6 Å². The SMILES string of the molecule is C#CCCCCOc1c(F)c(F)c(-c2c(F)c(F)c(Sc3ccc(Sc4ccc(Sc5cccc(C)c5C#N)cc4)cc3)c(F)c2F)c(F)c1F. The second-order valence-corrected chi connectivity index (χ2v) is 14.1. The average molecular weight is 758 g/mol. The van der Waals surface area contributed by atoms with Gasteiger partial charge in [0.1, 0.15) is 6.07 Å². The molecule has 0 unspecified atom stereocenters. The monoisotopic (exact) mass is 757 g/mol. The molecule has 0 atom stereocenters. The molecule has 13 heteroatoms. The highest BCUT2D eigenvalue weighted by atomic mass is 32.2. The number of hydrogen-bond donors (Lipinski definition) is 0. The summed E-state index contributed by atoms with van der Waals surface area (Å²) in [5.74, 6) is -16.6. The minimum absolute atomic E-state index is 0.153. The van der Waals surface area contributed by atoms with E-state index in [1.54, 1.807) is 12.1 Å². The first-order chi connectivity index (χ1) is 24.5.